The lowest BCUT2D eigenvalue weighted by Crippen LogP contribution is -2.62. The van der Waals surface area contributed by atoms with Crippen molar-refractivity contribution in [2.45, 2.75) is 170 Å². The van der Waals surface area contributed by atoms with E-state index in [0.717, 1.165) is 73.2 Å². The molecule has 19 nitrogen and oxygen atoms in total. The number of carbonyl (C=O) groups is 1. The van der Waals surface area contributed by atoms with Crippen molar-refractivity contribution in [2.24, 2.45) is 5.41 Å². The van der Waals surface area contributed by atoms with E-state index in [4.69, 9.17) is 28.7 Å². The number of pyridine rings is 1. The summed E-state index contributed by atoms with van der Waals surface area (Å²) in [7, 11) is -4.83. The van der Waals surface area contributed by atoms with E-state index in [-0.39, 0.29) is 91.1 Å². The molecule has 0 bridgehead atoms. The topological polar surface area (TPSA) is 223 Å². The van der Waals surface area contributed by atoms with Crippen LogP contribution in [0.2, 0.25) is 0 Å². The largest absolute Gasteiger partial charge is 0.491 e. The second-order valence-electron chi connectivity index (χ2n) is 24.8. The van der Waals surface area contributed by atoms with Crippen LogP contribution in [0, 0.1) is 15.5 Å². The fourth-order valence-electron chi connectivity index (χ4n) is 14.2. The maximum Gasteiger partial charge on any atom is 0.297 e. The maximum absolute atomic E-state index is 16.4. The van der Waals surface area contributed by atoms with Crippen LogP contribution in [-0.4, -0.2) is 132 Å². The number of alkyl halides is 1. The molecule has 80 heavy (non-hydrogen) atoms. The van der Waals surface area contributed by atoms with Crippen molar-refractivity contribution in [3.05, 3.63) is 94.2 Å². The first-order chi connectivity index (χ1) is 38.1. The van der Waals surface area contributed by atoms with Crippen molar-refractivity contribution in [3.63, 3.8) is 0 Å². The van der Waals surface area contributed by atoms with E-state index in [9.17, 15) is 28.4 Å². The standard InChI is InChI=1S/C59H73FN8O11S/c1-35(2)78-48-10-8-7-9-41(48)47-32-76-24-20-56(4,5)67(47)39-30-58(31-39)19-22-65(36(3)29-58)38-11-12-42(44(26-38)66-43-14-23-75-33-50(43)79-55-46(66)25-37-13-21-61-53(37)63-55)54(69)64-80(73,74)40-27-45(68(71)72)52-49(28-40)77-34-51(62-52)59(60)17-15-57(6,70)16-18-59/h7-13,21,25-28,35-36,39,43,47,50-51,62,70H,14-20,22-24,29-34H2,1-6H3,(H,61,63)(H,64,69)/t36-,39?,43-,47-,50-,51-,57?,58?,59?/m0/s1. The van der Waals surface area contributed by atoms with E-state index in [0.29, 0.717) is 55.2 Å². The number of nitrogens with one attached hydrogen (secondary N) is 3. The number of para-hydroxylation sites is 1. The number of piperidine rings is 1. The number of nitro benzene ring substituents is 1. The fourth-order valence-corrected chi connectivity index (χ4v) is 15.2. The lowest BCUT2D eigenvalue weighted by Gasteiger charge is -2.60. The van der Waals surface area contributed by atoms with Crippen molar-refractivity contribution in [3.8, 4) is 17.4 Å². The monoisotopic (exact) mass is 1120 g/mol. The highest BCUT2D eigenvalue weighted by Gasteiger charge is 2.55. The summed E-state index contributed by atoms with van der Waals surface area (Å²) >= 11 is 0. The molecular formula is C59H73FN8O11S. The van der Waals surface area contributed by atoms with E-state index in [1.54, 1.807) is 19.2 Å². The van der Waals surface area contributed by atoms with Gasteiger partial charge in [-0.1, -0.05) is 18.2 Å². The molecule has 2 saturated carbocycles. The van der Waals surface area contributed by atoms with Crippen LogP contribution in [0.3, 0.4) is 0 Å². The maximum atomic E-state index is 16.4. The molecule has 1 amide bonds. The Morgan fingerprint density at radius 2 is 1.73 bits per heavy atom. The van der Waals surface area contributed by atoms with E-state index < -0.39 is 54.9 Å². The minimum atomic E-state index is -4.83. The SMILES string of the molecule is CC(C)Oc1ccccc1[C@@H]1COCCC(C)(C)N1C1CC2(CCN(c3ccc(C(=O)NS(=O)(=O)c4cc5c(c([N+](=O)[O-])c4)N[C@H](C4(F)CCC(C)(O)CC4)CO5)c(N4c5cc6cc[nH]c6nc5O[C@H]5COCC[C@@H]54)c3)[C@@H](C)C2)C1. The van der Waals surface area contributed by atoms with Crippen LogP contribution in [-0.2, 0) is 19.5 Å². The van der Waals surface area contributed by atoms with Crippen LogP contribution >= 0.6 is 0 Å². The number of anilines is 4. The predicted molar refractivity (Wildman–Crippen MR) is 300 cm³/mol. The van der Waals surface area contributed by atoms with Gasteiger partial charge in [-0.25, -0.2) is 17.5 Å². The number of fused-ring (bicyclic) bond motifs is 4. The van der Waals surface area contributed by atoms with Gasteiger partial charge in [0.15, 0.2) is 11.4 Å². The van der Waals surface area contributed by atoms with Gasteiger partial charge in [0.05, 0.1) is 64.1 Å². The molecule has 7 aliphatic rings. The average Bonchev–Trinajstić information content (AvgIpc) is 3.93. The fraction of sp³-hybridized carbons (Fsp3) is 0.559. The molecule has 5 fully saturated rings. The van der Waals surface area contributed by atoms with E-state index >= 15 is 4.39 Å². The first-order valence-corrected chi connectivity index (χ1v) is 29.8. The van der Waals surface area contributed by atoms with Gasteiger partial charge < -0.3 is 48.9 Å². The third-order valence-electron chi connectivity index (χ3n) is 18.4. The molecule has 5 aromatic rings. The number of H-pyrrole nitrogens is 1. The molecule has 5 aliphatic heterocycles. The zero-order chi connectivity index (χ0) is 56.1. The molecule has 3 saturated heterocycles. The third-order valence-corrected chi connectivity index (χ3v) is 19.7. The van der Waals surface area contributed by atoms with Gasteiger partial charge in [0, 0.05) is 72.3 Å². The van der Waals surface area contributed by atoms with Crippen LogP contribution in [0.4, 0.5) is 32.8 Å². The first-order valence-electron chi connectivity index (χ1n) is 28.3. The molecule has 2 aromatic heterocycles. The number of aromatic nitrogens is 2. The number of benzene rings is 3. The number of sulfonamides is 1. The summed E-state index contributed by atoms with van der Waals surface area (Å²) in [5.41, 5.74) is 0.00685. The number of aliphatic hydroxyl groups is 1. The average molecular weight is 1120 g/mol. The molecule has 3 aromatic carbocycles. The second-order valence-corrected chi connectivity index (χ2v) is 26.4. The van der Waals surface area contributed by atoms with Gasteiger partial charge in [-0.3, -0.25) is 19.8 Å². The van der Waals surface area contributed by atoms with Gasteiger partial charge >= 0.3 is 0 Å². The molecule has 7 heterocycles. The zero-order valence-corrected chi connectivity index (χ0v) is 47.2. The lowest BCUT2D eigenvalue weighted by molar-refractivity contribution is -0.384. The molecule has 12 rings (SSSR count). The number of nitrogens with zero attached hydrogens (tertiary/aromatic N) is 5. The molecule has 21 heteroatoms. The van der Waals surface area contributed by atoms with E-state index in [1.165, 1.54) is 0 Å². The summed E-state index contributed by atoms with van der Waals surface area (Å²) in [6, 6.07) is 18.8. The highest BCUT2D eigenvalue weighted by Crippen LogP contribution is 2.57. The molecule has 4 N–H and O–H groups in total. The number of carbonyl (C=O) groups excluding carboxylic acids is 1. The number of ether oxygens (including phenoxy) is 5. The van der Waals surface area contributed by atoms with Crippen molar-refractivity contribution in [1.29, 1.82) is 0 Å². The van der Waals surface area contributed by atoms with Gasteiger partial charge in [0.1, 0.15) is 35.5 Å². The Bertz CT molecular complexity index is 3320. The number of amides is 1. The first kappa shape index (κ1) is 54.3. The smallest absolute Gasteiger partial charge is 0.297 e. The van der Waals surface area contributed by atoms with Crippen molar-refractivity contribution in [1.82, 2.24) is 19.6 Å². The second kappa shape index (κ2) is 20.3. The summed E-state index contributed by atoms with van der Waals surface area (Å²) in [5.74, 6) is 0.0921. The number of rotatable bonds is 11. The Kier molecular flexibility index (Phi) is 13.8. The summed E-state index contributed by atoms with van der Waals surface area (Å²) in [6.07, 6.45) is 7.17. The Balaban J connectivity index is 0.848. The number of hydrogen-bond acceptors (Lipinski definition) is 16. The highest BCUT2D eigenvalue weighted by atomic mass is 32.2. The van der Waals surface area contributed by atoms with Gasteiger partial charge in [-0.15, -0.1) is 0 Å². The highest BCUT2D eigenvalue weighted by molar-refractivity contribution is 7.90. The molecule has 428 valence electrons. The van der Waals surface area contributed by atoms with Crippen LogP contribution in [0.5, 0.6) is 17.4 Å². The number of nitro groups is 1. The van der Waals surface area contributed by atoms with Gasteiger partial charge in [-0.2, -0.15) is 4.98 Å². The Morgan fingerprint density at radius 1 is 0.950 bits per heavy atom. The van der Waals surface area contributed by atoms with Crippen molar-refractivity contribution >= 4 is 55.4 Å². The Labute approximate surface area is 466 Å². The molecule has 0 unspecified atom stereocenters. The Morgan fingerprint density at radius 3 is 2.49 bits per heavy atom. The molecule has 0 radical (unpaired) electrons. The van der Waals surface area contributed by atoms with Crippen LogP contribution < -0.4 is 34.0 Å². The summed E-state index contributed by atoms with van der Waals surface area (Å²) in [4.78, 5) is 41.5. The minimum Gasteiger partial charge on any atom is -0.491 e. The normalized spacial score (nSPS) is 30.4. The number of halogens is 1. The predicted octanol–water partition coefficient (Wildman–Crippen LogP) is 9.65. The van der Waals surface area contributed by atoms with Gasteiger partial charge in [0.25, 0.3) is 21.6 Å². The number of aromatic amines is 1. The van der Waals surface area contributed by atoms with Crippen molar-refractivity contribution < 1.29 is 51.3 Å². The number of hydrogen-bond donors (Lipinski definition) is 4. The molecule has 2 aliphatic carbocycles. The molecule has 1 spiro atoms. The third kappa shape index (κ3) is 9.97. The molecule has 5 atom stereocenters. The van der Waals surface area contributed by atoms with Crippen LogP contribution in [0.1, 0.15) is 128 Å². The van der Waals surface area contributed by atoms with Crippen LogP contribution in [0.15, 0.2) is 77.8 Å². The zero-order valence-electron chi connectivity index (χ0n) is 46.3. The van der Waals surface area contributed by atoms with Crippen molar-refractivity contribution in [2.75, 3.05) is 54.7 Å². The van der Waals surface area contributed by atoms with Gasteiger partial charge in [0.2, 0.25) is 5.88 Å². The summed E-state index contributed by atoms with van der Waals surface area (Å²) < 4.78 is 78.8. The minimum absolute atomic E-state index is 0.00311. The quantitative estimate of drug-likeness (QED) is 0.0714. The van der Waals surface area contributed by atoms with Gasteiger partial charge in [-0.05, 0) is 148 Å². The summed E-state index contributed by atoms with van der Waals surface area (Å²) in [6.45, 7) is 15.2. The van der Waals surface area contributed by atoms with E-state index in [1.807, 2.05) is 35.2 Å². The van der Waals surface area contributed by atoms with Crippen LogP contribution in [0.25, 0.3) is 11.0 Å². The molecular weight excluding hydrogens is 1050 g/mol. The van der Waals surface area contributed by atoms with E-state index in [2.05, 4.69) is 77.6 Å². The lowest BCUT2D eigenvalue weighted by atomic mass is 9.58. The summed E-state index contributed by atoms with van der Waals surface area (Å²) in [5, 5.41) is 26.9. The Hall–Kier alpha value is -6.26.